The van der Waals surface area contributed by atoms with Crippen LogP contribution in [0.15, 0.2) is 24.3 Å². The number of ether oxygens (including phenoxy) is 3. The van der Waals surface area contributed by atoms with Crippen LogP contribution in [0, 0.1) is 0 Å². The standard InChI is InChI=1S/C43H77ClO6/c1-3-5-7-9-11-13-15-17-19-21-23-25-27-29-31-34-41(45)48-38-40(50-43(47)36-33-37-44)39-49-42(46)35-32-30-28-26-24-22-20-18-16-14-12-10-8-6-4-2/h17-20,40H,3-16,21-39H2,1-2H3/b19-17-,20-18-. The Kier molecular flexibility index (Phi) is 38.5. The molecular weight excluding hydrogens is 648 g/mol. The molecule has 0 aromatic rings. The number of allylic oxidation sites excluding steroid dienone is 4. The largest absolute Gasteiger partial charge is 0.462 e. The third-order valence-corrected chi connectivity index (χ3v) is 9.23. The lowest BCUT2D eigenvalue weighted by Crippen LogP contribution is -2.30. The first-order valence-electron chi connectivity index (χ1n) is 20.9. The molecule has 0 aromatic carbocycles. The molecule has 0 amide bonds. The number of carbonyl (C=O) groups excluding carboxylic acids is 3. The normalized spacial score (nSPS) is 11.6. The van der Waals surface area contributed by atoms with E-state index >= 15 is 0 Å². The second-order valence-corrected chi connectivity index (χ2v) is 14.3. The second-order valence-electron chi connectivity index (χ2n) is 13.9. The highest BCUT2D eigenvalue weighted by molar-refractivity contribution is 6.17. The molecule has 0 radical (unpaired) electrons. The molecule has 0 saturated carbocycles. The molecule has 0 atom stereocenters. The predicted molar refractivity (Wildman–Crippen MR) is 211 cm³/mol. The molecule has 0 aliphatic rings. The minimum absolute atomic E-state index is 0.114. The Balaban J connectivity index is 4.02. The summed E-state index contributed by atoms with van der Waals surface area (Å²) in [5.41, 5.74) is 0. The minimum atomic E-state index is -0.811. The van der Waals surface area contributed by atoms with E-state index in [1.165, 1.54) is 116 Å². The quantitative estimate of drug-likeness (QED) is 0.0207. The summed E-state index contributed by atoms with van der Waals surface area (Å²) in [5, 5.41) is 0. The van der Waals surface area contributed by atoms with Gasteiger partial charge in [-0.25, -0.2) is 0 Å². The van der Waals surface area contributed by atoms with Gasteiger partial charge in [0, 0.05) is 25.1 Å². The molecule has 7 heteroatoms. The Bertz CT molecular complexity index is 770. The van der Waals surface area contributed by atoms with Crippen LogP contribution in [0.2, 0.25) is 0 Å². The summed E-state index contributed by atoms with van der Waals surface area (Å²) in [6.07, 6.45) is 41.0. The van der Waals surface area contributed by atoms with Crippen LogP contribution in [0.1, 0.15) is 206 Å². The van der Waals surface area contributed by atoms with Crippen LogP contribution >= 0.6 is 11.6 Å². The number of alkyl halides is 1. The number of hydrogen-bond donors (Lipinski definition) is 0. The lowest BCUT2D eigenvalue weighted by atomic mass is 10.1. The van der Waals surface area contributed by atoms with Crippen molar-refractivity contribution in [3.63, 3.8) is 0 Å². The van der Waals surface area contributed by atoms with Gasteiger partial charge in [-0.3, -0.25) is 14.4 Å². The van der Waals surface area contributed by atoms with Crippen LogP contribution in [0.3, 0.4) is 0 Å². The van der Waals surface area contributed by atoms with Crippen LogP contribution < -0.4 is 0 Å². The number of carbonyl (C=O) groups is 3. The Labute approximate surface area is 313 Å². The van der Waals surface area contributed by atoms with Crippen molar-refractivity contribution in [2.24, 2.45) is 0 Å². The molecule has 0 bridgehead atoms. The van der Waals surface area contributed by atoms with E-state index in [9.17, 15) is 14.4 Å². The van der Waals surface area contributed by atoms with E-state index in [1.807, 2.05) is 0 Å². The van der Waals surface area contributed by atoms with Gasteiger partial charge in [-0.15, -0.1) is 11.6 Å². The molecule has 0 N–H and O–H groups in total. The SMILES string of the molecule is CCCCCCCC/C=C\CCCCCCCC(=O)OCC(COC(=O)CCCCCCC/C=C\CCCCCCCC)OC(=O)CCCCl. The summed E-state index contributed by atoms with van der Waals surface area (Å²) in [7, 11) is 0. The summed E-state index contributed by atoms with van der Waals surface area (Å²) >= 11 is 5.71. The lowest BCUT2D eigenvalue weighted by molar-refractivity contribution is -0.166. The summed E-state index contributed by atoms with van der Waals surface area (Å²) in [4.78, 5) is 36.9. The molecule has 292 valence electrons. The van der Waals surface area contributed by atoms with Gasteiger partial charge in [0.25, 0.3) is 0 Å². The fourth-order valence-corrected chi connectivity index (χ4v) is 5.90. The molecule has 0 aromatic heterocycles. The van der Waals surface area contributed by atoms with Gasteiger partial charge in [0.2, 0.25) is 0 Å². The van der Waals surface area contributed by atoms with Gasteiger partial charge in [-0.2, -0.15) is 0 Å². The van der Waals surface area contributed by atoms with E-state index in [2.05, 4.69) is 38.2 Å². The Morgan fingerprint density at radius 1 is 0.440 bits per heavy atom. The molecule has 0 heterocycles. The highest BCUT2D eigenvalue weighted by atomic mass is 35.5. The molecule has 0 rings (SSSR count). The van der Waals surface area contributed by atoms with Gasteiger partial charge in [-0.1, -0.05) is 141 Å². The molecule has 0 saturated heterocycles. The van der Waals surface area contributed by atoms with Crippen molar-refractivity contribution in [3.8, 4) is 0 Å². The molecule has 0 unspecified atom stereocenters. The molecule has 6 nitrogen and oxygen atoms in total. The third kappa shape index (κ3) is 37.4. The number of esters is 3. The molecule has 50 heavy (non-hydrogen) atoms. The van der Waals surface area contributed by atoms with Gasteiger partial charge >= 0.3 is 17.9 Å². The van der Waals surface area contributed by atoms with E-state index in [4.69, 9.17) is 25.8 Å². The Morgan fingerprint density at radius 3 is 1.12 bits per heavy atom. The van der Waals surface area contributed by atoms with Crippen molar-refractivity contribution in [2.45, 2.75) is 213 Å². The highest BCUT2D eigenvalue weighted by Gasteiger charge is 2.19. The van der Waals surface area contributed by atoms with Gasteiger partial charge in [0.15, 0.2) is 6.10 Å². The Hall–Kier alpha value is -1.82. The van der Waals surface area contributed by atoms with Crippen LogP contribution in [0.25, 0.3) is 0 Å². The monoisotopic (exact) mass is 725 g/mol. The number of halogens is 1. The van der Waals surface area contributed by atoms with E-state index in [0.29, 0.717) is 25.1 Å². The van der Waals surface area contributed by atoms with Gasteiger partial charge in [0.1, 0.15) is 13.2 Å². The van der Waals surface area contributed by atoms with Crippen molar-refractivity contribution in [3.05, 3.63) is 24.3 Å². The first kappa shape index (κ1) is 48.2. The zero-order valence-electron chi connectivity index (χ0n) is 32.5. The lowest BCUT2D eigenvalue weighted by Gasteiger charge is -2.18. The van der Waals surface area contributed by atoms with Crippen LogP contribution in [-0.2, 0) is 28.6 Å². The average molecular weight is 726 g/mol. The number of unbranched alkanes of at least 4 members (excludes halogenated alkanes) is 22. The molecule has 0 aliphatic heterocycles. The van der Waals surface area contributed by atoms with Crippen molar-refractivity contribution >= 4 is 29.5 Å². The maximum absolute atomic E-state index is 12.3. The Morgan fingerprint density at radius 2 is 0.760 bits per heavy atom. The minimum Gasteiger partial charge on any atom is -0.462 e. The van der Waals surface area contributed by atoms with Crippen molar-refractivity contribution < 1.29 is 28.6 Å². The average Bonchev–Trinajstić information content (AvgIpc) is 3.11. The summed E-state index contributed by atoms with van der Waals surface area (Å²) in [6.45, 7) is 4.28. The van der Waals surface area contributed by atoms with Crippen molar-refractivity contribution in [1.29, 1.82) is 0 Å². The molecule has 0 aliphatic carbocycles. The summed E-state index contributed by atoms with van der Waals surface area (Å²) < 4.78 is 16.3. The topological polar surface area (TPSA) is 78.9 Å². The molecular formula is C43H77ClO6. The zero-order chi connectivity index (χ0) is 36.6. The highest BCUT2D eigenvalue weighted by Crippen LogP contribution is 2.13. The third-order valence-electron chi connectivity index (χ3n) is 8.96. The fourth-order valence-electron chi connectivity index (χ4n) is 5.77. The second kappa shape index (κ2) is 40.0. The van der Waals surface area contributed by atoms with E-state index in [0.717, 1.165) is 51.4 Å². The molecule has 0 fully saturated rings. The first-order chi connectivity index (χ1) is 24.5. The predicted octanol–water partition coefficient (Wildman–Crippen LogP) is 13.1. The zero-order valence-corrected chi connectivity index (χ0v) is 33.3. The van der Waals surface area contributed by atoms with Crippen molar-refractivity contribution in [1.82, 2.24) is 0 Å². The van der Waals surface area contributed by atoms with Gasteiger partial charge < -0.3 is 14.2 Å². The summed E-state index contributed by atoms with van der Waals surface area (Å²) in [5.74, 6) is -0.708. The van der Waals surface area contributed by atoms with Gasteiger partial charge in [-0.05, 0) is 70.6 Å². The van der Waals surface area contributed by atoms with Gasteiger partial charge in [0.05, 0.1) is 0 Å². The number of rotatable bonds is 38. The van der Waals surface area contributed by atoms with Crippen LogP contribution in [-0.4, -0.2) is 43.1 Å². The van der Waals surface area contributed by atoms with Crippen LogP contribution in [0.4, 0.5) is 0 Å². The first-order valence-corrected chi connectivity index (χ1v) is 21.4. The smallest absolute Gasteiger partial charge is 0.306 e. The summed E-state index contributed by atoms with van der Waals surface area (Å²) in [6, 6.07) is 0. The van der Waals surface area contributed by atoms with Crippen LogP contribution in [0.5, 0.6) is 0 Å². The molecule has 0 spiro atoms. The maximum Gasteiger partial charge on any atom is 0.306 e. The van der Waals surface area contributed by atoms with E-state index in [1.54, 1.807) is 0 Å². The van der Waals surface area contributed by atoms with Crippen molar-refractivity contribution in [2.75, 3.05) is 19.1 Å². The number of hydrogen-bond acceptors (Lipinski definition) is 6. The fraction of sp³-hybridized carbons (Fsp3) is 0.837. The van der Waals surface area contributed by atoms with E-state index < -0.39 is 12.1 Å². The maximum atomic E-state index is 12.3. The van der Waals surface area contributed by atoms with E-state index in [-0.39, 0.29) is 31.6 Å².